The maximum Gasteiger partial charge on any atom is 0.126 e. The maximum atomic E-state index is 6.05. The summed E-state index contributed by atoms with van der Waals surface area (Å²) in [4.78, 5) is 1.19. The van der Waals surface area contributed by atoms with E-state index in [0.717, 1.165) is 16.5 Å². The van der Waals surface area contributed by atoms with Gasteiger partial charge in [-0.2, -0.15) is 0 Å². The summed E-state index contributed by atoms with van der Waals surface area (Å²) in [6.45, 7) is 6.69. The summed E-state index contributed by atoms with van der Waals surface area (Å²) in [5.74, 6) is 1.61. The zero-order valence-corrected chi connectivity index (χ0v) is 13.1. The van der Waals surface area contributed by atoms with Gasteiger partial charge in [0, 0.05) is 10.9 Å². The average Bonchev–Trinajstić information content (AvgIpc) is 2.95. The van der Waals surface area contributed by atoms with Gasteiger partial charge in [-0.3, -0.25) is 0 Å². The van der Waals surface area contributed by atoms with Gasteiger partial charge >= 0.3 is 0 Å². The maximum absolute atomic E-state index is 6.05. The summed E-state index contributed by atoms with van der Waals surface area (Å²) in [6.07, 6.45) is 2.85. The zero-order valence-electron chi connectivity index (χ0n) is 11.5. The molecule has 0 bridgehead atoms. The molecule has 1 N–H and O–H groups in total. The number of hydrogen-bond donors (Lipinski definition) is 1. The van der Waals surface area contributed by atoms with Gasteiger partial charge in [-0.05, 0) is 43.5 Å². The second-order valence-corrected chi connectivity index (χ2v) is 7.03. The first kappa shape index (κ1) is 14.6. The molecule has 0 saturated heterocycles. The standard InChI is InChI=1S/C15H20ClNOS/c1-10(2)9-11(3)17-15(12-5-4-8-18-12)13-6-7-14(16)19-13/h4-8,10-11,15,17H,9H2,1-3H3. The van der Waals surface area contributed by atoms with Gasteiger partial charge in [0.2, 0.25) is 0 Å². The van der Waals surface area contributed by atoms with Crippen molar-refractivity contribution in [3.8, 4) is 0 Å². The van der Waals surface area contributed by atoms with Gasteiger partial charge in [-0.15, -0.1) is 11.3 Å². The third-order valence-electron chi connectivity index (χ3n) is 2.98. The fraction of sp³-hybridized carbons (Fsp3) is 0.467. The number of nitrogens with one attached hydrogen (secondary N) is 1. The molecule has 2 heterocycles. The van der Waals surface area contributed by atoms with Gasteiger partial charge in [-0.25, -0.2) is 0 Å². The van der Waals surface area contributed by atoms with Gasteiger partial charge < -0.3 is 9.73 Å². The van der Waals surface area contributed by atoms with E-state index in [1.165, 1.54) is 4.88 Å². The Morgan fingerprint density at radius 1 is 1.26 bits per heavy atom. The quantitative estimate of drug-likeness (QED) is 0.801. The van der Waals surface area contributed by atoms with E-state index in [4.69, 9.17) is 16.0 Å². The number of halogens is 1. The molecule has 0 amide bonds. The number of furan rings is 1. The van der Waals surface area contributed by atoms with Crippen LogP contribution in [0.4, 0.5) is 0 Å². The van der Waals surface area contributed by atoms with E-state index >= 15 is 0 Å². The van der Waals surface area contributed by atoms with Crippen LogP contribution in [0.3, 0.4) is 0 Å². The average molecular weight is 298 g/mol. The second-order valence-electron chi connectivity index (χ2n) is 5.29. The summed E-state index contributed by atoms with van der Waals surface area (Å²) < 4.78 is 6.38. The summed E-state index contributed by atoms with van der Waals surface area (Å²) in [5, 5.41) is 3.64. The van der Waals surface area contributed by atoms with Crippen LogP contribution < -0.4 is 5.32 Å². The smallest absolute Gasteiger partial charge is 0.126 e. The highest BCUT2D eigenvalue weighted by atomic mass is 35.5. The monoisotopic (exact) mass is 297 g/mol. The molecule has 2 aromatic rings. The third-order valence-corrected chi connectivity index (χ3v) is 4.28. The van der Waals surface area contributed by atoms with Gasteiger partial charge in [0.1, 0.15) is 11.8 Å². The van der Waals surface area contributed by atoms with Crippen molar-refractivity contribution in [1.82, 2.24) is 5.32 Å². The molecule has 0 aliphatic carbocycles. The number of hydrogen-bond acceptors (Lipinski definition) is 3. The van der Waals surface area contributed by atoms with E-state index in [9.17, 15) is 0 Å². The lowest BCUT2D eigenvalue weighted by Crippen LogP contribution is -2.31. The van der Waals surface area contributed by atoms with Gasteiger partial charge in [-0.1, -0.05) is 25.4 Å². The molecule has 2 nitrogen and oxygen atoms in total. The van der Waals surface area contributed by atoms with E-state index in [1.54, 1.807) is 17.6 Å². The predicted molar refractivity (Wildman–Crippen MR) is 81.9 cm³/mol. The molecule has 0 aliphatic rings. The lowest BCUT2D eigenvalue weighted by Gasteiger charge is -2.22. The third kappa shape index (κ3) is 4.10. The minimum atomic E-state index is 0.0845. The number of rotatable bonds is 6. The van der Waals surface area contributed by atoms with Crippen LogP contribution in [0.1, 0.15) is 43.9 Å². The van der Waals surface area contributed by atoms with Crippen LogP contribution in [0, 0.1) is 5.92 Å². The van der Waals surface area contributed by atoms with E-state index in [2.05, 4.69) is 32.2 Å². The normalized spacial score (nSPS) is 14.8. The predicted octanol–water partition coefficient (Wildman–Crippen LogP) is 5.11. The molecule has 19 heavy (non-hydrogen) atoms. The minimum Gasteiger partial charge on any atom is -0.467 e. The van der Waals surface area contributed by atoms with E-state index in [1.807, 2.05) is 18.2 Å². The molecular weight excluding hydrogens is 278 g/mol. The lowest BCUT2D eigenvalue weighted by molar-refractivity contribution is 0.381. The Labute approximate surface area is 123 Å². The summed E-state index contributed by atoms with van der Waals surface area (Å²) >= 11 is 7.64. The van der Waals surface area contributed by atoms with Crippen molar-refractivity contribution in [1.29, 1.82) is 0 Å². The van der Waals surface area contributed by atoms with Crippen LogP contribution in [-0.2, 0) is 0 Å². The van der Waals surface area contributed by atoms with Gasteiger partial charge in [0.25, 0.3) is 0 Å². The highest BCUT2D eigenvalue weighted by Crippen LogP contribution is 2.32. The highest BCUT2D eigenvalue weighted by molar-refractivity contribution is 7.16. The molecule has 0 fully saturated rings. The van der Waals surface area contributed by atoms with Crippen molar-refractivity contribution in [2.45, 2.75) is 39.3 Å². The van der Waals surface area contributed by atoms with Gasteiger partial charge in [0.05, 0.1) is 10.6 Å². The minimum absolute atomic E-state index is 0.0845. The Morgan fingerprint density at radius 3 is 2.58 bits per heavy atom. The molecule has 0 aliphatic heterocycles. The Kier molecular flexibility index (Phi) is 5.08. The zero-order chi connectivity index (χ0) is 13.8. The molecular formula is C15H20ClNOS. The molecule has 0 aromatic carbocycles. The molecule has 2 rings (SSSR count). The first-order valence-electron chi connectivity index (χ1n) is 6.61. The van der Waals surface area contributed by atoms with Crippen molar-refractivity contribution >= 4 is 22.9 Å². The Balaban J connectivity index is 2.16. The van der Waals surface area contributed by atoms with Crippen LogP contribution >= 0.6 is 22.9 Å². The first-order valence-corrected chi connectivity index (χ1v) is 7.80. The van der Waals surface area contributed by atoms with Crippen molar-refractivity contribution in [3.05, 3.63) is 45.5 Å². The van der Waals surface area contributed by atoms with Crippen molar-refractivity contribution < 1.29 is 4.42 Å². The molecule has 2 unspecified atom stereocenters. The second kappa shape index (κ2) is 6.60. The van der Waals surface area contributed by atoms with Crippen LogP contribution in [0.2, 0.25) is 4.34 Å². The van der Waals surface area contributed by atoms with Crippen molar-refractivity contribution in [2.75, 3.05) is 0 Å². The largest absolute Gasteiger partial charge is 0.467 e. The van der Waals surface area contributed by atoms with E-state index in [0.29, 0.717) is 12.0 Å². The van der Waals surface area contributed by atoms with Crippen molar-refractivity contribution in [3.63, 3.8) is 0 Å². The summed E-state index contributed by atoms with van der Waals surface area (Å²) in [7, 11) is 0. The molecule has 2 aromatic heterocycles. The van der Waals surface area contributed by atoms with Crippen LogP contribution in [0.25, 0.3) is 0 Å². The van der Waals surface area contributed by atoms with Crippen molar-refractivity contribution in [2.24, 2.45) is 5.92 Å². The molecule has 4 heteroatoms. The first-order chi connectivity index (χ1) is 9.06. The van der Waals surface area contributed by atoms with E-state index < -0.39 is 0 Å². The van der Waals surface area contributed by atoms with Crippen LogP contribution in [-0.4, -0.2) is 6.04 Å². The molecule has 0 spiro atoms. The molecule has 0 saturated carbocycles. The van der Waals surface area contributed by atoms with Crippen LogP contribution in [0.15, 0.2) is 34.9 Å². The topological polar surface area (TPSA) is 25.2 Å². The SMILES string of the molecule is CC(C)CC(C)NC(c1ccco1)c1ccc(Cl)s1. The van der Waals surface area contributed by atoms with Gasteiger partial charge in [0.15, 0.2) is 0 Å². The summed E-state index contributed by atoms with van der Waals surface area (Å²) in [5.41, 5.74) is 0. The van der Waals surface area contributed by atoms with Crippen LogP contribution in [0.5, 0.6) is 0 Å². The molecule has 2 atom stereocenters. The Morgan fingerprint density at radius 2 is 2.05 bits per heavy atom. The Hall–Kier alpha value is -0.770. The molecule has 0 radical (unpaired) electrons. The highest BCUT2D eigenvalue weighted by Gasteiger charge is 2.21. The summed E-state index contributed by atoms with van der Waals surface area (Å²) in [6, 6.07) is 8.44. The number of thiophene rings is 1. The van der Waals surface area contributed by atoms with E-state index in [-0.39, 0.29) is 6.04 Å². The fourth-order valence-corrected chi connectivity index (χ4v) is 3.43. The molecule has 104 valence electrons. The Bertz CT molecular complexity index is 492. The lowest BCUT2D eigenvalue weighted by atomic mass is 10.0. The fourth-order valence-electron chi connectivity index (χ4n) is 2.30.